The highest BCUT2D eigenvalue weighted by molar-refractivity contribution is 6.30. The number of amides is 2. The lowest BCUT2D eigenvalue weighted by Gasteiger charge is -2.15. The molecule has 2 N–H and O–H groups in total. The average Bonchev–Trinajstić information content (AvgIpc) is 2.68. The van der Waals surface area contributed by atoms with E-state index in [2.05, 4.69) is 15.6 Å². The van der Waals surface area contributed by atoms with Crippen molar-refractivity contribution in [2.75, 3.05) is 10.6 Å². The lowest BCUT2D eigenvalue weighted by molar-refractivity contribution is -0.117. The third-order valence-electron chi connectivity index (χ3n) is 4.49. The largest absolute Gasteiger partial charge is 0.326 e. The van der Waals surface area contributed by atoms with E-state index >= 15 is 0 Å². The van der Waals surface area contributed by atoms with Crippen LogP contribution in [-0.4, -0.2) is 21.4 Å². The molecule has 8 heteroatoms. The fraction of sp³-hybridized carbons (Fsp3) is 0.182. The van der Waals surface area contributed by atoms with Gasteiger partial charge in [0.1, 0.15) is 12.4 Å². The smallest absolute Gasteiger partial charge is 0.257 e. The van der Waals surface area contributed by atoms with Gasteiger partial charge in [-0.05, 0) is 44.2 Å². The number of carbonyl (C=O) groups excluding carboxylic acids is 2. The van der Waals surface area contributed by atoms with Crippen molar-refractivity contribution in [3.8, 4) is 11.4 Å². The van der Waals surface area contributed by atoms with Gasteiger partial charge in [0, 0.05) is 40.1 Å². The highest BCUT2D eigenvalue weighted by atomic mass is 35.5. The monoisotopic (exact) mass is 424 g/mol. The predicted molar refractivity (Wildman–Crippen MR) is 118 cm³/mol. The van der Waals surface area contributed by atoms with Crippen LogP contribution >= 0.6 is 11.6 Å². The van der Waals surface area contributed by atoms with Crippen molar-refractivity contribution in [3.63, 3.8) is 0 Å². The van der Waals surface area contributed by atoms with E-state index in [1.54, 1.807) is 62.4 Å². The van der Waals surface area contributed by atoms with Crippen molar-refractivity contribution in [2.45, 2.75) is 27.3 Å². The molecule has 0 spiro atoms. The van der Waals surface area contributed by atoms with E-state index in [1.807, 2.05) is 0 Å². The number of nitrogens with one attached hydrogen (secondary N) is 2. The third kappa shape index (κ3) is 4.93. The summed E-state index contributed by atoms with van der Waals surface area (Å²) in [5.74, 6) is -0.240. The van der Waals surface area contributed by atoms with Crippen LogP contribution in [0.15, 0.2) is 53.3 Å². The number of rotatable bonds is 5. The lowest BCUT2D eigenvalue weighted by atomic mass is 10.1. The van der Waals surface area contributed by atoms with Gasteiger partial charge in [-0.3, -0.25) is 19.0 Å². The maximum atomic E-state index is 12.9. The summed E-state index contributed by atoms with van der Waals surface area (Å²) in [4.78, 5) is 41.4. The van der Waals surface area contributed by atoms with Gasteiger partial charge in [-0.15, -0.1) is 0 Å². The first-order chi connectivity index (χ1) is 14.2. The summed E-state index contributed by atoms with van der Waals surface area (Å²) in [7, 11) is 0. The van der Waals surface area contributed by atoms with E-state index in [4.69, 9.17) is 11.6 Å². The molecule has 0 radical (unpaired) electrons. The van der Waals surface area contributed by atoms with Crippen molar-refractivity contribution >= 4 is 34.8 Å². The molecule has 3 rings (SSSR count). The third-order valence-corrected chi connectivity index (χ3v) is 4.72. The zero-order valence-corrected chi connectivity index (χ0v) is 17.6. The molecule has 0 aliphatic heterocycles. The summed E-state index contributed by atoms with van der Waals surface area (Å²) >= 11 is 6.10. The van der Waals surface area contributed by atoms with E-state index in [9.17, 15) is 14.4 Å². The number of nitrogens with zero attached hydrogens (tertiary/aromatic N) is 2. The number of aryl methyl sites for hydroxylation is 1. The van der Waals surface area contributed by atoms with Gasteiger partial charge in [-0.2, -0.15) is 0 Å². The molecular formula is C22H21ClN4O3. The molecule has 2 amide bonds. The zero-order valence-electron chi connectivity index (χ0n) is 16.8. The molecule has 0 aliphatic rings. The van der Waals surface area contributed by atoms with Crippen LogP contribution in [0.25, 0.3) is 11.4 Å². The SMILES string of the molecule is CC(=O)Nc1cccc(NC(=O)Cn2c(-c3cccc(Cl)c3)nc(C)c(C)c2=O)c1. The fourth-order valence-electron chi connectivity index (χ4n) is 2.97. The topological polar surface area (TPSA) is 93.1 Å². The number of aromatic nitrogens is 2. The molecule has 0 fully saturated rings. The Morgan fingerprint density at radius 3 is 2.37 bits per heavy atom. The van der Waals surface area contributed by atoms with Crippen LogP contribution in [-0.2, 0) is 16.1 Å². The average molecular weight is 425 g/mol. The van der Waals surface area contributed by atoms with Crippen LogP contribution in [0.1, 0.15) is 18.2 Å². The molecule has 0 atom stereocenters. The van der Waals surface area contributed by atoms with Crippen LogP contribution in [0.3, 0.4) is 0 Å². The number of anilines is 2. The van der Waals surface area contributed by atoms with Gasteiger partial charge >= 0.3 is 0 Å². The van der Waals surface area contributed by atoms with Crippen molar-refractivity contribution in [1.29, 1.82) is 0 Å². The first kappa shape index (κ1) is 21.3. The van der Waals surface area contributed by atoms with Crippen LogP contribution < -0.4 is 16.2 Å². The van der Waals surface area contributed by atoms with Crippen LogP contribution in [0, 0.1) is 13.8 Å². The Labute approximate surface area is 178 Å². The van der Waals surface area contributed by atoms with E-state index in [0.29, 0.717) is 39.0 Å². The van der Waals surface area contributed by atoms with Crippen LogP contribution in [0.2, 0.25) is 5.02 Å². The predicted octanol–water partition coefficient (Wildman–Crippen LogP) is 3.78. The molecular weight excluding hydrogens is 404 g/mol. The molecule has 30 heavy (non-hydrogen) atoms. The Morgan fingerprint density at radius 1 is 1.03 bits per heavy atom. The van der Waals surface area contributed by atoms with E-state index < -0.39 is 5.91 Å². The van der Waals surface area contributed by atoms with E-state index in [1.165, 1.54) is 11.5 Å². The summed E-state index contributed by atoms with van der Waals surface area (Å²) < 4.78 is 1.33. The van der Waals surface area contributed by atoms with Gasteiger partial charge in [-0.25, -0.2) is 4.98 Å². The summed E-state index contributed by atoms with van der Waals surface area (Å²) in [6.45, 7) is 4.61. The standard InChI is InChI=1S/C22H21ClN4O3/c1-13-14(2)24-21(16-6-4-7-17(23)10-16)27(22(13)30)12-20(29)26-19-9-5-8-18(11-19)25-15(3)28/h4-11H,12H2,1-3H3,(H,25,28)(H,26,29). The lowest BCUT2D eigenvalue weighted by Crippen LogP contribution is -2.31. The number of carbonyl (C=O) groups is 2. The van der Waals surface area contributed by atoms with Crippen molar-refractivity contribution < 1.29 is 9.59 Å². The molecule has 154 valence electrons. The Morgan fingerprint density at radius 2 is 1.70 bits per heavy atom. The minimum atomic E-state index is -0.398. The molecule has 0 saturated carbocycles. The molecule has 0 bridgehead atoms. The van der Waals surface area contributed by atoms with Crippen molar-refractivity contribution in [2.24, 2.45) is 0 Å². The Kier molecular flexibility index (Phi) is 6.32. The molecule has 0 aliphatic carbocycles. The second kappa shape index (κ2) is 8.92. The summed E-state index contributed by atoms with van der Waals surface area (Å²) in [5, 5.41) is 5.92. The molecule has 2 aromatic carbocycles. The summed E-state index contributed by atoms with van der Waals surface area (Å²) in [5.41, 5.74) is 2.48. The van der Waals surface area contributed by atoms with Gasteiger partial charge in [0.05, 0.1) is 0 Å². The normalized spacial score (nSPS) is 10.5. The number of hydrogen-bond acceptors (Lipinski definition) is 4. The van der Waals surface area contributed by atoms with E-state index in [0.717, 1.165) is 0 Å². The Hall–Kier alpha value is -3.45. The van der Waals surface area contributed by atoms with Crippen LogP contribution in [0.5, 0.6) is 0 Å². The molecule has 0 saturated heterocycles. The minimum Gasteiger partial charge on any atom is -0.326 e. The highest BCUT2D eigenvalue weighted by Gasteiger charge is 2.16. The maximum absolute atomic E-state index is 12.9. The summed E-state index contributed by atoms with van der Waals surface area (Å²) in [6, 6.07) is 13.7. The molecule has 1 aromatic heterocycles. The summed E-state index contributed by atoms with van der Waals surface area (Å²) in [6.07, 6.45) is 0. The minimum absolute atomic E-state index is 0.211. The maximum Gasteiger partial charge on any atom is 0.257 e. The number of halogens is 1. The van der Waals surface area contributed by atoms with Gasteiger partial charge < -0.3 is 10.6 Å². The number of hydrogen-bond donors (Lipinski definition) is 2. The fourth-order valence-corrected chi connectivity index (χ4v) is 3.16. The van der Waals surface area contributed by atoms with Gasteiger partial charge in [-0.1, -0.05) is 29.8 Å². The van der Waals surface area contributed by atoms with Crippen LogP contribution in [0.4, 0.5) is 11.4 Å². The van der Waals surface area contributed by atoms with Crippen molar-refractivity contribution in [1.82, 2.24) is 9.55 Å². The Balaban J connectivity index is 1.92. The van der Waals surface area contributed by atoms with E-state index in [-0.39, 0.29) is 18.0 Å². The second-order valence-corrected chi connectivity index (χ2v) is 7.29. The molecule has 3 aromatic rings. The highest BCUT2D eigenvalue weighted by Crippen LogP contribution is 2.21. The molecule has 0 unspecified atom stereocenters. The first-order valence-electron chi connectivity index (χ1n) is 9.26. The van der Waals surface area contributed by atoms with Gasteiger partial charge in [0.2, 0.25) is 11.8 Å². The first-order valence-corrected chi connectivity index (χ1v) is 9.64. The van der Waals surface area contributed by atoms with Gasteiger partial charge in [0.15, 0.2) is 0 Å². The number of benzene rings is 2. The molecule has 1 heterocycles. The second-order valence-electron chi connectivity index (χ2n) is 6.86. The Bertz CT molecular complexity index is 1190. The van der Waals surface area contributed by atoms with Gasteiger partial charge in [0.25, 0.3) is 5.56 Å². The zero-order chi connectivity index (χ0) is 21.8. The molecule has 7 nitrogen and oxygen atoms in total. The van der Waals surface area contributed by atoms with Crippen molar-refractivity contribution in [3.05, 3.63) is 75.2 Å². The quantitative estimate of drug-likeness (QED) is 0.651.